The van der Waals surface area contributed by atoms with Gasteiger partial charge >= 0.3 is 0 Å². The van der Waals surface area contributed by atoms with Crippen LogP contribution in [0.15, 0.2) is 66.7 Å². The van der Waals surface area contributed by atoms with Crippen molar-refractivity contribution < 1.29 is 0 Å². The fourth-order valence-electron chi connectivity index (χ4n) is 2.99. The van der Waals surface area contributed by atoms with E-state index in [2.05, 4.69) is 78.6 Å². The molecule has 0 amide bonds. The van der Waals surface area contributed by atoms with Crippen molar-refractivity contribution in [1.82, 2.24) is 0 Å². The molecule has 1 aliphatic heterocycles. The SMILES string of the molecule is C/C(=C/C1CCCN1c1ccccc1)c1ccccc1. The Morgan fingerprint density at radius 1 is 1.00 bits per heavy atom. The summed E-state index contributed by atoms with van der Waals surface area (Å²) in [6, 6.07) is 21.9. The summed E-state index contributed by atoms with van der Waals surface area (Å²) < 4.78 is 0. The van der Waals surface area contributed by atoms with Crippen LogP contribution in [-0.4, -0.2) is 12.6 Å². The molecule has 2 aromatic rings. The Morgan fingerprint density at radius 2 is 1.65 bits per heavy atom. The predicted octanol–water partition coefficient (Wildman–Crippen LogP) is 4.76. The summed E-state index contributed by atoms with van der Waals surface area (Å²) in [6.45, 7) is 3.38. The van der Waals surface area contributed by atoms with Crippen LogP contribution < -0.4 is 4.90 Å². The van der Waals surface area contributed by atoms with Crippen molar-refractivity contribution in [3.63, 3.8) is 0 Å². The van der Waals surface area contributed by atoms with E-state index < -0.39 is 0 Å². The van der Waals surface area contributed by atoms with Gasteiger partial charge in [-0.3, -0.25) is 0 Å². The molecule has 0 bridgehead atoms. The second-order valence-corrected chi connectivity index (χ2v) is 5.45. The van der Waals surface area contributed by atoms with Crippen LogP contribution in [0.4, 0.5) is 5.69 Å². The molecule has 1 fully saturated rings. The van der Waals surface area contributed by atoms with E-state index in [0.29, 0.717) is 6.04 Å². The first-order valence-electron chi connectivity index (χ1n) is 7.40. The summed E-state index contributed by atoms with van der Waals surface area (Å²) in [7, 11) is 0. The summed E-state index contributed by atoms with van der Waals surface area (Å²) in [5, 5.41) is 0. The van der Waals surface area contributed by atoms with Crippen LogP contribution in [0.2, 0.25) is 0 Å². The minimum absolute atomic E-state index is 0.526. The number of hydrogen-bond acceptors (Lipinski definition) is 1. The van der Waals surface area contributed by atoms with Crippen LogP contribution in [0.3, 0.4) is 0 Å². The lowest BCUT2D eigenvalue weighted by molar-refractivity contribution is 0.806. The van der Waals surface area contributed by atoms with Gasteiger partial charge in [0.2, 0.25) is 0 Å². The number of para-hydroxylation sites is 1. The van der Waals surface area contributed by atoms with E-state index in [1.165, 1.54) is 29.7 Å². The van der Waals surface area contributed by atoms with Crippen molar-refractivity contribution in [3.05, 3.63) is 72.3 Å². The molecule has 1 heterocycles. The van der Waals surface area contributed by atoms with E-state index in [1.807, 2.05) is 0 Å². The van der Waals surface area contributed by atoms with Crippen molar-refractivity contribution in [1.29, 1.82) is 0 Å². The van der Waals surface area contributed by atoms with Gasteiger partial charge < -0.3 is 4.90 Å². The van der Waals surface area contributed by atoms with Gasteiger partial charge in [-0.1, -0.05) is 54.6 Å². The number of hydrogen-bond donors (Lipinski definition) is 0. The van der Waals surface area contributed by atoms with Crippen LogP contribution in [0, 0.1) is 0 Å². The average molecular weight is 263 g/mol. The highest BCUT2D eigenvalue weighted by Gasteiger charge is 2.22. The smallest absolute Gasteiger partial charge is 0.0479 e. The summed E-state index contributed by atoms with van der Waals surface area (Å²) >= 11 is 0. The Labute approximate surface area is 121 Å². The molecule has 20 heavy (non-hydrogen) atoms. The zero-order valence-corrected chi connectivity index (χ0v) is 12.0. The molecule has 1 atom stereocenters. The number of allylic oxidation sites excluding steroid dienone is 1. The fourth-order valence-corrected chi connectivity index (χ4v) is 2.99. The Balaban J connectivity index is 1.83. The number of rotatable bonds is 3. The van der Waals surface area contributed by atoms with E-state index >= 15 is 0 Å². The van der Waals surface area contributed by atoms with Gasteiger partial charge in [-0.2, -0.15) is 0 Å². The highest BCUT2D eigenvalue weighted by molar-refractivity contribution is 5.65. The summed E-state index contributed by atoms with van der Waals surface area (Å²) in [6.07, 6.45) is 4.95. The van der Waals surface area contributed by atoms with Gasteiger partial charge in [0.25, 0.3) is 0 Å². The number of benzene rings is 2. The maximum Gasteiger partial charge on any atom is 0.0479 e. The average Bonchev–Trinajstić information content (AvgIpc) is 2.97. The first-order chi connectivity index (χ1) is 9.84. The molecular weight excluding hydrogens is 242 g/mol. The van der Waals surface area contributed by atoms with Gasteiger partial charge in [0.05, 0.1) is 0 Å². The molecule has 102 valence electrons. The second-order valence-electron chi connectivity index (χ2n) is 5.45. The van der Waals surface area contributed by atoms with Crippen molar-refractivity contribution >= 4 is 11.3 Å². The lowest BCUT2D eigenvalue weighted by Gasteiger charge is -2.25. The van der Waals surface area contributed by atoms with E-state index in [4.69, 9.17) is 0 Å². The Morgan fingerprint density at radius 3 is 2.35 bits per heavy atom. The summed E-state index contributed by atoms with van der Waals surface area (Å²) in [5.74, 6) is 0. The molecule has 1 nitrogen and oxygen atoms in total. The Kier molecular flexibility index (Phi) is 3.87. The summed E-state index contributed by atoms with van der Waals surface area (Å²) in [4.78, 5) is 2.52. The third kappa shape index (κ3) is 2.77. The summed E-state index contributed by atoms with van der Waals surface area (Å²) in [5.41, 5.74) is 4.04. The van der Waals surface area contributed by atoms with Gasteiger partial charge in [-0.15, -0.1) is 0 Å². The minimum atomic E-state index is 0.526. The molecular formula is C19H21N. The van der Waals surface area contributed by atoms with Crippen molar-refractivity contribution in [3.8, 4) is 0 Å². The molecule has 1 saturated heterocycles. The van der Waals surface area contributed by atoms with Crippen molar-refractivity contribution in [2.24, 2.45) is 0 Å². The Hall–Kier alpha value is -2.02. The molecule has 1 heteroatoms. The molecule has 1 unspecified atom stereocenters. The van der Waals surface area contributed by atoms with E-state index in [9.17, 15) is 0 Å². The largest absolute Gasteiger partial charge is 0.365 e. The molecule has 0 spiro atoms. The number of nitrogens with zero attached hydrogens (tertiary/aromatic N) is 1. The molecule has 2 aromatic carbocycles. The van der Waals surface area contributed by atoms with Crippen LogP contribution >= 0.6 is 0 Å². The normalized spacial score (nSPS) is 19.4. The van der Waals surface area contributed by atoms with Gasteiger partial charge in [-0.05, 0) is 43.0 Å². The molecule has 0 aliphatic carbocycles. The number of anilines is 1. The topological polar surface area (TPSA) is 3.24 Å². The minimum Gasteiger partial charge on any atom is -0.365 e. The van der Waals surface area contributed by atoms with Gasteiger partial charge in [0, 0.05) is 18.3 Å². The molecule has 0 saturated carbocycles. The van der Waals surface area contributed by atoms with E-state index in [1.54, 1.807) is 0 Å². The highest BCUT2D eigenvalue weighted by Crippen LogP contribution is 2.28. The van der Waals surface area contributed by atoms with Crippen LogP contribution in [0.5, 0.6) is 0 Å². The zero-order valence-electron chi connectivity index (χ0n) is 12.0. The molecule has 1 aliphatic rings. The molecule has 0 aromatic heterocycles. The zero-order chi connectivity index (χ0) is 13.8. The van der Waals surface area contributed by atoms with Crippen LogP contribution in [0.25, 0.3) is 5.57 Å². The first-order valence-corrected chi connectivity index (χ1v) is 7.40. The maximum atomic E-state index is 2.52. The monoisotopic (exact) mass is 263 g/mol. The van der Waals surface area contributed by atoms with Gasteiger partial charge in [0.1, 0.15) is 0 Å². The highest BCUT2D eigenvalue weighted by atomic mass is 15.2. The third-order valence-electron chi connectivity index (χ3n) is 4.06. The lowest BCUT2D eigenvalue weighted by Crippen LogP contribution is -2.27. The molecule has 3 rings (SSSR count). The first kappa shape index (κ1) is 13.0. The van der Waals surface area contributed by atoms with Crippen molar-refractivity contribution in [2.75, 3.05) is 11.4 Å². The van der Waals surface area contributed by atoms with Crippen LogP contribution in [0.1, 0.15) is 25.3 Å². The van der Waals surface area contributed by atoms with Crippen molar-refractivity contribution in [2.45, 2.75) is 25.8 Å². The van der Waals surface area contributed by atoms with Gasteiger partial charge in [0.15, 0.2) is 0 Å². The molecule has 0 radical (unpaired) electrons. The predicted molar refractivity (Wildman–Crippen MR) is 86.9 cm³/mol. The quantitative estimate of drug-likeness (QED) is 0.771. The standard InChI is InChI=1S/C19H21N/c1-16(17-9-4-2-5-10-17)15-19-13-8-14-20(19)18-11-6-3-7-12-18/h2-7,9-12,15,19H,8,13-14H2,1H3/b16-15-. The lowest BCUT2D eigenvalue weighted by atomic mass is 10.0. The fraction of sp³-hybridized carbons (Fsp3) is 0.263. The van der Waals surface area contributed by atoms with E-state index in [0.717, 1.165) is 6.54 Å². The van der Waals surface area contributed by atoms with E-state index in [-0.39, 0.29) is 0 Å². The van der Waals surface area contributed by atoms with Crippen LogP contribution in [-0.2, 0) is 0 Å². The maximum absolute atomic E-state index is 2.52. The van der Waals surface area contributed by atoms with Gasteiger partial charge in [-0.25, -0.2) is 0 Å². The third-order valence-corrected chi connectivity index (χ3v) is 4.06. The molecule has 0 N–H and O–H groups in total. The Bertz CT molecular complexity index is 571. The second kappa shape index (κ2) is 5.96.